The molecule has 0 aliphatic carbocycles. The Bertz CT molecular complexity index is 309. The molecule has 0 aromatic heterocycles. The van der Waals surface area contributed by atoms with Gasteiger partial charge in [-0.05, 0) is 41.0 Å². The fourth-order valence-electron chi connectivity index (χ4n) is 1.45. The summed E-state index contributed by atoms with van der Waals surface area (Å²) in [6.45, 7) is 11.6. The molecular weight excluding hydrogens is 256 g/mol. The number of hydrogen-bond donors (Lipinski definition) is 3. The molecule has 118 valence electrons. The van der Waals surface area contributed by atoms with Crippen molar-refractivity contribution in [2.45, 2.75) is 52.7 Å². The van der Waals surface area contributed by atoms with Crippen LogP contribution in [0.1, 0.15) is 41.0 Å². The Hall–Kier alpha value is -1.30. The van der Waals surface area contributed by atoms with Gasteiger partial charge in [0.1, 0.15) is 0 Å². The Kier molecular flexibility index (Phi) is 8.96. The maximum atomic E-state index is 11.7. The first-order valence-corrected chi connectivity index (χ1v) is 7.11. The number of guanidine groups is 1. The van der Waals surface area contributed by atoms with Crippen molar-refractivity contribution in [3.8, 4) is 0 Å². The van der Waals surface area contributed by atoms with Crippen molar-refractivity contribution in [3.05, 3.63) is 0 Å². The molecule has 0 aliphatic rings. The highest BCUT2D eigenvalue weighted by Gasteiger charge is 2.13. The van der Waals surface area contributed by atoms with Gasteiger partial charge < -0.3 is 20.7 Å². The molecule has 0 atom stereocenters. The van der Waals surface area contributed by atoms with Gasteiger partial charge in [0, 0.05) is 25.7 Å². The summed E-state index contributed by atoms with van der Waals surface area (Å²) in [6, 6.07) is 0. The van der Waals surface area contributed by atoms with Gasteiger partial charge in [0.05, 0.1) is 12.6 Å². The quantitative estimate of drug-likeness (QED) is 0.369. The maximum Gasteiger partial charge on any atom is 0.239 e. The molecule has 0 spiro atoms. The molecule has 0 saturated carbocycles. The van der Waals surface area contributed by atoms with Crippen molar-refractivity contribution in [2.75, 3.05) is 26.7 Å². The predicted octanol–water partition coefficient (Wildman–Crippen LogP) is 0.881. The van der Waals surface area contributed by atoms with Crippen molar-refractivity contribution >= 4 is 11.9 Å². The van der Waals surface area contributed by atoms with Crippen LogP contribution in [0.3, 0.4) is 0 Å². The van der Waals surface area contributed by atoms with Crippen LogP contribution in [0.5, 0.6) is 0 Å². The van der Waals surface area contributed by atoms with Crippen LogP contribution in [-0.2, 0) is 9.53 Å². The molecule has 3 N–H and O–H groups in total. The second-order valence-corrected chi connectivity index (χ2v) is 5.92. The lowest BCUT2D eigenvalue weighted by Gasteiger charge is -2.21. The van der Waals surface area contributed by atoms with Gasteiger partial charge in [0.2, 0.25) is 5.91 Å². The minimum absolute atomic E-state index is 0.0522. The van der Waals surface area contributed by atoms with Crippen LogP contribution in [0.25, 0.3) is 0 Å². The minimum Gasteiger partial charge on any atom is -0.379 e. The number of nitrogens with zero attached hydrogens (tertiary/aromatic N) is 1. The van der Waals surface area contributed by atoms with E-state index in [4.69, 9.17) is 4.74 Å². The fraction of sp³-hybridized carbons (Fsp3) is 0.857. The van der Waals surface area contributed by atoms with Crippen LogP contribution >= 0.6 is 0 Å². The zero-order chi connectivity index (χ0) is 15.6. The third-order valence-corrected chi connectivity index (χ3v) is 2.22. The van der Waals surface area contributed by atoms with Gasteiger partial charge in [-0.2, -0.15) is 0 Å². The van der Waals surface area contributed by atoms with Crippen molar-refractivity contribution in [2.24, 2.45) is 4.99 Å². The fourth-order valence-corrected chi connectivity index (χ4v) is 1.45. The lowest BCUT2D eigenvalue weighted by atomic mass is 10.1. The Morgan fingerprint density at radius 2 is 1.90 bits per heavy atom. The number of rotatable bonds is 7. The second-order valence-electron chi connectivity index (χ2n) is 5.92. The summed E-state index contributed by atoms with van der Waals surface area (Å²) in [5.74, 6) is 0.571. The van der Waals surface area contributed by atoms with E-state index in [-0.39, 0.29) is 24.1 Å². The predicted molar refractivity (Wildman–Crippen MR) is 83.0 cm³/mol. The molecule has 0 aromatic rings. The third-order valence-electron chi connectivity index (χ3n) is 2.22. The molecule has 0 radical (unpaired) electrons. The van der Waals surface area contributed by atoms with E-state index in [1.54, 1.807) is 7.05 Å². The van der Waals surface area contributed by atoms with E-state index in [1.807, 2.05) is 34.6 Å². The summed E-state index contributed by atoms with van der Waals surface area (Å²) in [6.07, 6.45) is 1.15. The summed E-state index contributed by atoms with van der Waals surface area (Å²) in [7, 11) is 1.68. The second kappa shape index (κ2) is 9.58. The van der Waals surface area contributed by atoms with Gasteiger partial charge in [-0.1, -0.05) is 0 Å². The molecule has 0 fully saturated rings. The van der Waals surface area contributed by atoms with Gasteiger partial charge in [0.25, 0.3) is 0 Å². The summed E-state index contributed by atoms with van der Waals surface area (Å²) >= 11 is 0. The summed E-state index contributed by atoms with van der Waals surface area (Å²) in [4.78, 5) is 15.7. The van der Waals surface area contributed by atoms with E-state index in [9.17, 15) is 4.79 Å². The minimum atomic E-state index is -0.218. The largest absolute Gasteiger partial charge is 0.379 e. The van der Waals surface area contributed by atoms with Crippen LogP contribution < -0.4 is 16.0 Å². The molecule has 0 heterocycles. The molecule has 20 heavy (non-hydrogen) atoms. The molecule has 6 heteroatoms. The van der Waals surface area contributed by atoms with Gasteiger partial charge in [0.15, 0.2) is 5.96 Å². The number of carbonyl (C=O) groups excluding carboxylic acids is 1. The molecular formula is C14H30N4O2. The Morgan fingerprint density at radius 1 is 1.25 bits per heavy atom. The van der Waals surface area contributed by atoms with Crippen molar-refractivity contribution in [1.29, 1.82) is 0 Å². The third kappa shape index (κ3) is 11.8. The molecule has 0 saturated heterocycles. The number of carbonyl (C=O) groups is 1. The highest BCUT2D eigenvalue weighted by molar-refractivity contribution is 5.86. The van der Waals surface area contributed by atoms with Crippen molar-refractivity contribution in [3.63, 3.8) is 0 Å². The maximum absolute atomic E-state index is 11.7. The SMILES string of the molecule is CN=C(NCCCOC(C)C)NCC(=O)NC(C)(C)C. The lowest BCUT2D eigenvalue weighted by Crippen LogP contribution is -2.48. The van der Waals surface area contributed by atoms with Crippen LogP contribution in [0.4, 0.5) is 0 Å². The highest BCUT2D eigenvalue weighted by Crippen LogP contribution is 1.97. The number of ether oxygens (including phenoxy) is 1. The number of aliphatic imine (C=N–C) groups is 1. The zero-order valence-electron chi connectivity index (χ0n) is 13.7. The van der Waals surface area contributed by atoms with Gasteiger partial charge >= 0.3 is 0 Å². The van der Waals surface area contributed by atoms with Crippen molar-refractivity contribution < 1.29 is 9.53 Å². The molecule has 0 unspecified atom stereocenters. The number of hydrogen-bond acceptors (Lipinski definition) is 3. The first-order valence-electron chi connectivity index (χ1n) is 7.11. The average Bonchev–Trinajstić information content (AvgIpc) is 2.30. The van der Waals surface area contributed by atoms with Crippen LogP contribution in [-0.4, -0.2) is 50.3 Å². The molecule has 0 rings (SSSR count). The van der Waals surface area contributed by atoms with Crippen LogP contribution in [0.15, 0.2) is 4.99 Å². The van der Waals surface area contributed by atoms with Crippen LogP contribution in [0.2, 0.25) is 0 Å². The standard InChI is InChI=1S/C14H30N4O2/c1-11(2)20-9-7-8-16-13(15-6)17-10-12(19)18-14(3,4)5/h11H,7-10H2,1-6H3,(H,18,19)(H2,15,16,17). The lowest BCUT2D eigenvalue weighted by molar-refractivity contribution is -0.121. The first kappa shape index (κ1) is 18.7. The van der Waals surface area contributed by atoms with E-state index < -0.39 is 0 Å². The smallest absolute Gasteiger partial charge is 0.239 e. The Labute approximate surface area is 122 Å². The van der Waals surface area contributed by atoms with E-state index in [2.05, 4.69) is 20.9 Å². The Morgan fingerprint density at radius 3 is 2.40 bits per heavy atom. The van der Waals surface area contributed by atoms with Gasteiger partial charge in [-0.3, -0.25) is 9.79 Å². The van der Waals surface area contributed by atoms with Crippen molar-refractivity contribution in [1.82, 2.24) is 16.0 Å². The first-order chi connectivity index (χ1) is 9.24. The van der Waals surface area contributed by atoms with E-state index in [0.717, 1.165) is 13.0 Å². The molecule has 0 aliphatic heterocycles. The molecule has 0 aromatic carbocycles. The monoisotopic (exact) mass is 286 g/mol. The van der Waals surface area contributed by atoms with Gasteiger partial charge in [-0.15, -0.1) is 0 Å². The normalized spacial score (nSPS) is 12.4. The molecule has 6 nitrogen and oxygen atoms in total. The molecule has 1 amide bonds. The topological polar surface area (TPSA) is 74.8 Å². The van der Waals surface area contributed by atoms with E-state index >= 15 is 0 Å². The zero-order valence-corrected chi connectivity index (χ0v) is 13.7. The van der Waals surface area contributed by atoms with Gasteiger partial charge in [-0.25, -0.2) is 0 Å². The highest BCUT2D eigenvalue weighted by atomic mass is 16.5. The van der Waals surface area contributed by atoms with Crippen LogP contribution in [0, 0.1) is 0 Å². The van der Waals surface area contributed by atoms with E-state index in [0.29, 0.717) is 12.6 Å². The summed E-state index contributed by atoms with van der Waals surface area (Å²) < 4.78 is 5.45. The number of nitrogens with one attached hydrogen (secondary N) is 3. The molecule has 0 bridgehead atoms. The summed E-state index contributed by atoms with van der Waals surface area (Å²) in [5, 5.41) is 9.00. The summed E-state index contributed by atoms with van der Waals surface area (Å²) in [5.41, 5.74) is -0.218. The average molecular weight is 286 g/mol. The Balaban J connectivity index is 3.80. The number of amides is 1. The van der Waals surface area contributed by atoms with E-state index in [1.165, 1.54) is 0 Å².